The number of halogens is 1. The summed E-state index contributed by atoms with van der Waals surface area (Å²) in [6.07, 6.45) is 1.71. The third-order valence-corrected chi connectivity index (χ3v) is 4.03. The third-order valence-electron chi connectivity index (χ3n) is 3.32. The Hall–Kier alpha value is -1.31. The average Bonchev–Trinajstić information content (AvgIpc) is 2.45. The molecule has 0 saturated carbocycles. The lowest BCUT2D eigenvalue weighted by molar-refractivity contribution is -0.138. The summed E-state index contributed by atoms with van der Waals surface area (Å²) in [5, 5.41) is 0.434. The zero-order chi connectivity index (χ0) is 17.6. The maximum absolute atomic E-state index is 12.2. The van der Waals surface area contributed by atoms with E-state index < -0.39 is 10.1 Å². The summed E-state index contributed by atoms with van der Waals surface area (Å²) in [6.45, 7) is 4.01. The van der Waals surface area contributed by atoms with Gasteiger partial charge in [-0.25, -0.2) is 0 Å². The number of hydrogen-bond acceptors (Lipinski definition) is 5. The SMILES string of the molecule is CCC(C)N(Cc1cc(Cl)ccc1OS(C)(=O)=O)C(=O)COC. The molecule has 0 aliphatic rings. The molecule has 130 valence electrons. The average molecular weight is 364 g/mol. The molecule has 0 radical (unpaired) electrons. The molecule has 0 aliphatic carbocycles. The molecule has 1 amide bonds. The second kappa shape index (κ2) is 8.52. The number of benzene rings is 1. The molecule has 0 heterocycles. The second-order valence-electron chi connectivity index (χ2n) is 5.25. The molecule has 0 aromatic heterocycles. The smallest absolute Gasteiger partial charge is 0.306 e. The fraction of sp³-hybridized carbons (Fsp3) is 0.533. The summed E-state index contributed by atoms with van der Waals surface area (Å²) in [7, 11) is -2.23. The maximum atomic E-state index is 12.2. The Labute approximate surface area is 142 Å². The maximum Gasteiger partial charge on any atom is 0.306 e. The number of methoxy groups -OCH3 is 1. The predicted octanol–water partition coefficient (Wildman–Crippen LogP) is 2.45. The summed E-state index contributed by atoms with van der Waals surface area (Å²) < 4.78 is 32.7. The first kappa shape index (κ1) is 19.7. The van der Waals surface area contributed by atoms with Crippen molar-refractivity contribution in [2.24, 2.45) is 0 Å². The third kappa shape index (κ3) is 6.37. The minimum Gasteiger partial charge on any atom is -0.382 e. The van der Waals surface area contributed by atoms with Crippen molar-refractivity contribution in [1.82, 2.24) is 4.90 Å². The Morgan fingerprint density at radius 2 is 2.04 bits per heavy atom. The van der Waals surface area contributed by atoms with Gasteiger partial charge in [0.05, 0.1) is 6.26 Å². The molecule has 0 N–H and O–H groups in total. The molecule has 1 aromatic carbocycles. The van der Waals surface area contributed by atoms with Gasteiger partial charge in [-0.05, 0) is 31.5 Å². The van der Waals surface area contributed by atoms with Crippen LogP contribution in [0.2, 0.25) is 5.02 Å². The number of hydrogen-bond donors (Lipinski definition) is 0. The van der Waals surface area contributed by atoms with Gasteiger partial charge in [0.1, 0.15) is 12.4 Å². The highest BCUT2D eigenvalue weighted by Crippen LogP contribution is 2.26. The normalized spacial score (nSPS) is 12.7. The van der Waals surface area contributed by atoms with E-state index >= 15 is 0 Å². The Kier molecular flexibility index (Phi) is 7.31. The van der Waals surface area contributed by atoms with Gasteiger partial charge in [-0.2, -0.15) is 8.42 Å². The topological polar surface area (TPSA) is 72.9 Å². The van der Waals surface area contributed by atoms with Crippen molar-refractivity contribution in [3.05, 3.63) is 28.8 Å². The van der Waals surface area contributed by atoms with Gasteiger partial charge in [0.15, 0.2) is 0 Å². The van der Waals surface area contributed by atoms with E-state index in [0.717, 1.165) is 12.7 Å². The molecule has 1 rings (SSSR count). The first-order chi connectivity index (χ1) is 10.7. The first-order valence-corrected chi connectivity index (χ1v) is 9.33. The lowest BCUT2D eigenvalue weighted by atomic mass is 10.1. The van der Waals surface area contributed by atoms with Crippen molar-refractivity contribution in [3.8, 4) is 5.75 Å². The number of amides is 1. The number of carbonyl (C=O) groups is 1. The summed E-state index contributed by atoms with van der Waals surface area (Å²) >= 11 is 5.99. The standard InChI is InChI=1S/C15H22ClNO5S/c1-5-11(2)17(15(18)10-21-3)9-12-8-13(16)6-7-14(12)22-23(4,19)20/h6-8,11H,5,9-10H2,1-4H3. The monoisotopic (exact) mass is 363 g/mol. The van der Waals surface area contributed by atoms with E-state index in [2.05, 4.69) is 0 Å². The fourth-order valence-electron chi connectivity index (χ4n) is 2.02. The van der Waals surface area contributed by atoms with Crippen LogP contribution in [0, 0.1) is 0 Å². The number of ether oxygens (including phenoxy) is 1. The lowest BCUT2D eigenvalue weighted by Crippen LogP contribution is -2.40. The number of carbonyl (C=O) groups excluding carboxylic acids is 1. The molecule has 23 heavy (non-hydrogen) atoms. The molecule has 6 nitrogen and oxygen atoms in total. The molecule has 0 saturated heterocycles. The molecular formula is C15H22ClNO5S. The van der Waals surface area contributed by atoms with Crippen LogP contribution in [0.3, 0.4) is 0 Å². The summed E-state index contributed by atoms with van der Waals surface area (Å²) in [6, 6.07) is 4.57. The van der Waals surface area contributed by atoms with Gasteiger partial charge in [0, 0.05) is 30.3 Å². The van der Waals surface area contributed by atoms with Crippen molar-refractivity contribution >= 4 is 27.6 Å². The van der Waals surface area contributed by atoms with E-state index in [9.17, 15) is 13.2 Å². The van der Waals surface area contributed by atoms with Crippen molar-refractivity contribution in [2.75, 3.05) is 20.0 Å². The van der Waals surface area contributed by atoms with Crippen LogP contribution in [-0.2, 0) is 26.2 Å². The predicted molar refractivity (Wildman–Crippen MR) is 89.1 cm³/mol. The molecule has 1 atom stereocenters. The molecule has 0 fully saturated rings. The Bertz CT molecular complexity index is 647. The lowest BCUT2D eigenvalue weighted by Gasteiger charge is -2.29. The van der Waals surface area contributed by atoms with Crippen molar-refractivity contribution < 1.29 is 22.1 Å². The minimum atomic E-state index is -3.68. The van der Waals surface area contributed by atoms with Crippen LogP contribution in [0.15, 0.2) is 18.2 Å². The van der Waals surface area contributed by atoms with Crippen molar-refractivity contribution in [1.29, 1.82) is 0 Å². The molecule has 0 aliphatic heterocycles. The largest absolute Gasteiger partial charge is 0.382 e. The first-order valence-electron chi connectivity index (χ1n) is 7.14. The Morgan fingerprint density at radius 3 is 2.57 bits per heavy atom. The van der Waals surface area contributed by atoms with Crippen molar-refractivity contribution in [2.45, 2.75) is 32.9 Å². The van der Waals surface area contributed by atoms with Crippen LogP contribution in [0.4, 0.5) is 0 Å². The van der Waals surface area contributed by atoms with Gasteiger partial charge in [-0.15, -0.1) is 0 Å². The van der Waals surface area contributed by atoms with Crippen LogP contribution in [0.5, 0.6) is 5.75 Å². The van der Waals surface area contributed by atoms with E-state index in [1.165, 1.54) is 19.2 Å². The molecule has 8 heteroatoms. The van der Waals surface area contributed by atoms with E-state index in [-0.39, 0.29) is 30.9 Å². The second-order valence-corrected chi connectivity index (χ2v) is 7.26. The van der Waals surface area contributed by atoms with E-state index in [4.69, 9.17) is 20.5 Å². The van der Waals surface area contributed by atoms with Gasteiger partial charge in [0.25, 0.3) is 0 Å². The molecule has 1 unspecified atom stereocenters. The highest BCUT2D eigenvalue weighted by Gasteiger charge is 2.21. The van der Waals surface area contributed by atoms with E-state index in [0.29, 0.717) is 10.6 Å². The zero-order valence-corrected chi connectivity index (χ0v) is 15.3. The fourth-order valence-corrected chi connectivity index (χ4v) is 2.70. The summed E-state index contributed by atoms with van der Waals surface area (Å²) in [5.41, 5.74) is 0.521. The van der Waals surface area contributed by atoms with Gasteiger partial charge >= 0.3 is 10.1 Å². The van der Waals surface area contributed by atoms with E-state index in [1.54, 1.807) is 11.0 Å². The van der Waals surface area contributed by atoms with Gasteiger partial charge in [-0.1, -0.05) is 18.5 Å². The molecule has 0 spiro atoms. The minimum absolute atomic E-state index is 0.0392. The molecule has 0 bridgehead atoms. The van der Waals surface area contributed by atoms with Crippen molar-refractivity contribution in [3.63, 3.8) is 0 Å². The van der Waals surface area contributed by atoms with Crippen LogP contribution in [0.25, 0.3) is 0 Å². The van der Waals surface area contributed by atoms with Crippen LogP contribution < -0.4 is 4.18 Å². The van der Waals surface area contributed by atoms with Gasteiger partial charge in [0.2, 0.25) is 5.91 Å². The Morgan fingerprint density at radius 1 is 1.39 bits per heavy atom. The Balaban J connectivity index is 3.16. The van der Waals surface area contributed by atoms with Gasteiger partial charge in [-0.3, -0.25) is 4.79 Å². The van der Waals surface area contributed by atoms with Gasteiger partial charge < -0.3 is 13.8 Å². The molecular weight excluding hydrogens is 342 g/mol. The number of nitrogens with zero attached hydrogens (tertiary/aromatic N) is 1. The van der Waals surface area contributed by atoms with Crippen LogP contribution >= 0.6 is 11.6 Å². The van der Waals surface area contributed by atoms with Crippen LogP contribution in [-0.4, -0.2) is 45.2 Å². The van der Waals surface area contributed by atoms with E-state index in [1.807, 2.05) is 13.8 Å². The van der Waals surface area contributed by atoms with Crippen LogP contribution in [0.1, 0.15) is 25.8 Å². The molecule has 1 aromatic rings. The highest BCUT2D eigenvalue weighted by molar-refractivity contribution is 7.86. The summed E-state index contributed by atoms with van der Waals surface area (Å²) in [5.74, 6) is -0.0254. The quantitative estimate of drug-likeness (QED) is 0.663. The number of rotatable bonds is 8. The zero-order valence-electron chi connectivity index (χ0n) is 13.7. The highest BCUT2D eigenvalue weighted by atomic mass is 35.5. The summed E-state index contributed by atoms with van der Waals surface area (Å²) in [4.78, 5) is 13.9.